The second-order valence-electron chi connectivity index (χ2n) is 4.26. The van der Waals surface area contributed by atoms with Gasteiger partial charge in [0.15, 0.2) is 5.78 Å². The van der Waals surface area contributed by atoms with Gasteiger partial charge in [-0.15, -0.1) is 0 Å². The lowest BCUT2D eigenvalue weighted by atomic mass is 9.77. The summed E-state index contributed by atoms with van der Waals surface area (Å²) in [5.41, 5.74) is -0.282. The predicted octanol–water partition coefficient (Wildman–Crippen LogP) is 2.65. The molecular formula is C13H20O3. The zero-order valence-corrected chi connectivity index (χ0v) is 10.2. The highest BCUT2D eigenvalue weighted by Gasteiger charge is 2.50. The summed E-state index contributed by atoms with van der Waals surface area (Å²) in [6, 6.07) is 0. The Morgan fingerprint density at radius 1 is 1.44 bits per heavy atom. The number of carbonyl (C=O) groups is 2. The van der Waals surface area contributed by atoms with Gasteiger partial charge in [-0.2, -0.15) is 0 Å². The number of ether oxygens (including phenoxy) is 1. The summed E-state index contributed by atoms with van der Waals surface area (Å²) in [5.74, 6) is -0.410. The number of esters is 1. The molecule has 0 unspecified atom stereocenters. The van der Waals surface area contributed by atoms with Gasteiger partial charge in [0.1, 0.15) is 5.41 Å². The predicted molar refractivity (Wildman–Crippen MR) is 62.0 cm³/mol. The molecule has 1 fully saturated rings. The van der Waals surface area contributed by atoms with Crippen molar-refractivity contribution in [2.45, 2.75) is 46.0 Å². The monoisotopic (exact) mass is 224 g/mol. The van der Waals surface area contributed by atoms with Gasteiger partial charge in [0, 0.05) is 6.42 Å². The molecule has 1 rings (SSSR count). The van der Waals surface area contributed by atoms with Crippen LogP contribution in [0.2, 0.25) is 0 Å². The molecule has 0 spiro atoms. The molecular weight excluding hydrogens is 204 g/mol. The van der Waals surface area contributed by atoms with Gasteiger partial charge in [0.05, 0.1) is 6.61 Å². The molecule has 0 aliphatic heterocycles. The molecule has 0 saturated heterocycles. The van der Waals surface area contributed by atoms with Gasteiger partial charge in [0.25, 0.3) is 0 Å². The minimum Gasteiger partial charge on any atom is -0.465 e. The lowest BCUT2D eigenvalue weighted by molar-refractivity contribution is -0.157. The van der Waals surface area contributed by atoms with E-state index in [0.29, 0.717) is 19.4 Å². The van der Waals surface area contributed by atoms with Gasteiger partial charge in [-0.25, -0.2) is 0 Å². The van der Waals surface area contributed by atoms with E-state index in [0.717, 1.165) is 24.8 Å². The molecule has 0 aromatic heterocycles. The van der Waals surface area contributed by atoms with Crippen LogP contribution in [-0.2, 0) is 14.3 Å². The van der Waals surface area contributed by atoms with E-state index in [4.69, 9.17) is 4.74 Å². The summed E-state index contributed by atoms with van der Waals surface area (Å²) in [6.45, 7) is 7.90. The molecule has 1 atom stereocenters. The van der Waals surface area contributed by atoms with Crippen molar-refractivity contribution in [2.75, 3.05) is 6.61 Å². The molecule has 0 N–H and O–H groups in total. The third-order valence-corrected chi connectivity index (χ3v) is 3.21. The van der Waals surface area contributed by atoms with Gasteiger partial charge < -0.3 is 4.74 Å². The first-order chi connectivity index (χ1) is 7.59. The van der Waals surface area contributed by atoms with Crippen LogP contribution in [0.5, 0.6) is 0 Å². The largest absolute Gasteiger partial charge is 0.465 e. The standard InChI is InChI=1S/C13H20O3/c1-4-7-11(14)13(12(15)16-5-2)9-6-8-10(13)3/h3-9H2,1-2H3/t13-/m1/s1. The van der Waals surface area contributed by atoms with Crippen molar-refractivity contribution in [3.8, 4) is 0 Å². The second kappa shape index (κ2) is 5.28. The smallest absolute Gasteiger partial charge is 0.323 e. The Morgan fingerprint density at radius 2 is 2.12 bits per heavy atom. The van der Waals surface area contributed by atoms with E-state index >= 15 is 0 Å². The third kappa shape index (κ3) is 2.04. The maximum absolute atomic E-state index is 12.1. The Hall–Kier alpha value is -1.12. The second-order valence-corrected chi connectivity index (χ2v) is 4.26. The molecule has 0 aromatic carbocycles. The number of rotatable bonds is 5. The van der Waals surface area contributed by atoms with Crippen LogP contribution in [0, 0.1) is 5.41 Å². The maximum atomic E-state index is 12.1. The Kier molecular flexibility index (Phi) is 4.27. The maximum Gasteiger partial charge on any atom is 0.323 e. The SMILES string of the molecule is C=C1CCC[C@@]1(C(=O)CCC)C(=O)OCC. The van der Waals surface area contributed by atoms with Crippen LogP contribution in [0.15, 0.2) is 12.2 Å². The van der Waals surface area contributed by atoms with Crippen molar-refractivity contribution >= 4 is 11.8 Å². The minimum absolute atomic E-state index is 0.0176. The van der Waals surface area contributed by atoms with Crippen LogP contribution in [0.25, 0.3) is 0 Å². The third-order valence-electron chi connectivity index (χ3n) is 3.21. The van der Waals surface area contributed by atoms with Gasteiger partial charge in [-0.3, -0.25) is 9.59 Å². The molecule has 1 aliphatic carbocycles. The Labute approximate surface area is 96.9 Å². The topological polar surface area (TPSA) is 43.4 Å². The summed E-state index contributed by atoms with van der Waals surface area (Å²) in [7, 11) is 0. The number of hydrogen-bond donors (Lipinski definition) is 0. The fraction of sp³-hybridized carbons (Fsp3) is 0.692. The summed E-state index contributed by atoms with van der Waals surface area (Å²) < 4.78 is 5.05. The Morgan fingerprint density at radius 3 is 2.56 bits per heavy atom. The lowest BCUT2D eigenvalue weighted by Gasteiger charge is -2.26. The average molecular weight is 224 g/mol. The molecule has 0 bridgehead atoms. The molecule has 90 valence electrons. The van der Waals surface area contributed by atoms with Crippen molar-refractivity contribution < 1.29 is 14.3 Å². The summed E-state index contributed by atoms with van der Waals surface area (Å²) in [5, 5.41) is 0. The molecule has 3 nitrogen and oxygen atoms in total. The average Bonchev–Trinajstić information content (AvgIpc) is 2.62. The van der Waals surface area contributed by atoms with Crippen molar-refractivity contribution in [1.29, 1.82) is 0 Å². The molecule has 0 radical (unpaired) electrons. The van der Waals surface area contributed by atoms with Gasteiger partial charge >= 0.3 is 5.97 Å². The number of ketones is 1. The summed E-state index contributed by atoms with van der Waals surface area (Å²) in [4.78, 5) is 24.1. The molecule has 1 saturated carbocycles. The molecule has 3 heteroatoms. The van der Waals surface area contributed by atoms with Gasteiger partial charge in [-0.1, -0.05) is 19.1 Å². The van der Waals surface area contributed by atoms with Crippen molar-refractivity contribution in [3.63, 3.8) is 0 Å². The van der Waals surface area contributed by atoms with Crippen LogP contribution in [0.4, 0.5) is 0 Å². The van der Waals surface area contributed by atoms with Crippen molar-refractivity contribution in [2.24, 2.45) is 5.41 Å². The highest BCUT2D eigenvalue weighted by molar-refractivity contribution is 6.07. The highest BCUT2D eigenvalue weighted by atomic mass is 16.5. The first-order valence-electron chi connectivity index (χ1n) is 5.98. The Bertz CT molecular complexity index is 286. The molecule has 1 aliphatic rings. The highest BCUT2D eigenvalue weighted by Crippen LogP contribution is 2.44. The van der Waals surface area contributed by atoms with E-state index in [2.05, 4.69) is 6.58 Å². The first-order valence-corrected chi connectivity index (χ1v) is 5.98. The fourth-order valence-electron chi connectivity index (χ4n) is 2.35. The van der Waals surface area contributed by atoms with Crippen LogP contribution < -0.4 is 0 Å². The normalized spacial score (nSPS) is 24.5. The first kappa shape index (κ1) is 12.9. The van der Waals surface area contributed by atoms with Crippen LogP contribution in [-0.4, -0.2) is 18.4 Å². The van der Waals surface area contributed by atoms with Gasteiger partial charge in [0.2, 0.25) is 0 Å². The van der Waals surface area contributed by atoms with Crippen molar-refractivity contribution in [3.05, 3.63) is 12.2 Å². The molecule has 0 amide bonds. The summed E-state index contributed by atoms with van der Waals surface area (Å²) in [6.07, 6.45) is 3.37. The van der Waals surface area contributed by atoms with E-state index < -0.39 is 11.4 Å². The zero-order valence-electron chi connectivity index (χ0n) is 10.2. The fourth-order valence-corrected chi connectivity index (χ4v) is 2.35. The number of hydrogen-bond acceptors (Lipinski definition) is 3. The number of carbonyl (C=O) groups excluding carboxylic acids is 2. The van der Waals surface area contributed by atoms with Gasteiger partial charge in [-0.05, 0) is 32.6 Å². The number of Topliss-reactive ketones (excluding diaryl/α,β-unsaturated/α-hetero) is 1. The van der Waals surface area contributed by atoms with Crippen LogP contribution >= 0.6 is 0 Å². The molecule has 16 heavy (non-hydrogen) atoms. The zero-order chi connectivity index (χ0) is 12.2. The quantitative estimate of drug-likeness (QED) is 0.409. The van der Waals surface area contributed by atoms with Crippen LogP contribution in [0.1, 0.15) is 46.0 Å². The summed E-state index contributed by atoms with van der Waals surface area (Å²) >= 11 is 0. The minimum atomic E-state index is -1.02. The van der Waals surface area contributed by atoms with E-state index in [1.165, 1.54) is 0 Å². The van der Waals surface area contributed by atoms with E-state index in [1.54, 1.807) is 6.92 Å². The lowest BCUT2D eigenvalue weighted by Crippen LogP contribution is -2.39. The molecule has 0 heterocycles. The molecule has 0 aromatic rings. The van der Waals surface area contributed by atoms with Crippen molar-refractivity contribution in [1.82, 2.24) is 0 Å². The van der Waals surface area contributed by atoms with E-state index in [9.17, 15) is 9.59 Å². The van der Waals surface area contributed by atoms with E-state index in [1.807, 2.05) is 6.92 Å². The van der Waals surface area contributed by atoms with Crippen LogP contribution in [0.3, 0.4) is 0 Å². The van der Waals surface area contributed by atoms with E-state index in [-0.39, 0.29) is 5.78 Å². The Balaban J connectivity index is 2.97.